The SMILES string of the molecule is C[C@H](NC(=O)c1ccc2c(ccn2Cc2ccc(-c3cccc(Cl)c3)cc2)c1)c1ccc([N+](=O)[O-])cc1. The number of aromatic nitrogens is 1. The van der Waals surface area contributed by atoms with Crippen LogP contribution in [0.5, 0.6) is 0 Å². The van der Waals surface area contributed by atoms with Crippen molar-refractivity contribution in [2.45, 2.75) is 19.5 Å². The minimum atomic E-state index is -0.440. The number of amides is 1. The molecule has 1 heterocycles. The number of carbonyl (C=O) groups excluding carboxylic acids is 1. The molecule has 0 radical (unpaired) electrons. The monoisotopic (exact) mass is 509 g/mol. The van der Waals surface area contributed by atoms with Gasteiger partial charge in [0.1, 0.15) is 0 Å². The number of nitrogens with one attached hydrogen (secondary N) is 1. The third kappa shape index (κ3) is 5.39. The van der Waals surface area contributed by atoms with Crippen molar-refractivity contribution in [2.24, 2.45) is 0 Å². The molecule has 0 spiro atoms. The topological polar surface area (TPSA) is 77.2 Å². The van der Waals surface area contributed by atoms with Crippen LogP contribution in [0.1, 0.15) is 34.5 Å². The number of halogens is 1. The first-order valence-electron chi connectivity index (χ1n) is 11.9. The summed E-state index contributed by atoms with van der Waals surface area (Å²) < 4.78 is 2.16. The van der Waals surface area contributed by atoms with Gasteiger partial charge in [-0.15, -0.1) is 0 Å². The standard InChI is InChI=1S/C30H24ClN3O3/c1-20(22-9-12-28(13-10-22)34(36)37)32-30(35)26-11-14-29-25(17-26)15-16-33(29)19-21-5-7-23(8-6-21)24-3-2-4-27(31)18-24/h2-18,20H,19H2,1H3,(H,32,35)/t20-/m0/s1. The highest BCUT2D eigenvalue weighted by Crippen LogP contribution is 2.25. The molecule has 37 heavy (non-hydrogen) atoms. The number of nitro groups is 1. The molecule has 0 saturated carbocycles. The number of benzene rings is 4. The molecule has 0 bridgehead atoms. The zero-order chi connectivity index (χ0) is 25.9. The van der Waals surface area contributed by atoms with Gasteiger partial charge >= 0.3 is 0 Å². The summed E-state index contributed by atoms with van der Waals surface area (Å²) in [6.45, 7) is 2.56. The summed E-state index contributed by atoms with van der Waals surface area (Å²) in [6, 6.07) is 29.8. The van der Waals surface area contributed by atoms with Crippen LogP contribution in [-0.2, 0) is 6.54 Å². The van der Waals surface area contributed by atoms with Gasteiger partial charge < -0.3 is 9.88 Å². The number of non-ortho nitro benzene ring substituents is 1. The van der Waals surface area contributed by atoms with Gasteiger partial charge in [0.2, 0.25) is 0 Å². The number of fused-ring (bicyclic) bond motifs is 1. The Hall–Kier alpha value is -4.42. The molecule has 0 unspecified atom stereocenters. The van der Waals surface area contributed by atoms with E-state index in [2.05, 4.69) is 34.1 Å². The Labute approximate surface area is 219 Å². The molecule has 1 aromatic heterocycles. The zero-order valence-corrected chi connectivity index (χ0v) is 20.9. The van der Waals surface area contributed by atoms with Gasteiger partial charge in [-0.3, -0.25) is 14.9 Å². The fourth-order valence-corrected chi connectivity index (χ4v) is 4.58. The molecule has 0 fully saturated rings. The van der Waals surface area contributed by atoms with Crippen molar-refractivity contribution >= 4 is 34.1 Å². The first-order chi connectivity index (χ1) is 17.9. The van der Waals surface area contributed by atoms with E-state index in [0.29, 0.717) is 17.1 Å². The lowest BCUT2D eigenvalue weighted by molar-refractivity contribution is -0.384. The summed E-state index contributed by atoms with van der Waals surface area (Å²) in [4.78, 5) is 23.3. The number of hydrogen-bond acceptors (Lipinski definition) is 3. The van der Waals surface area contributed by atoms with Gasteiger partial charge in [-0.2, -0.15) is 0 Å². The van der Waals surface area contributed by atoms with Crippen molar-refractivity contribution in [2.75, 3.05) is 0 Å². The molecule has 0 aliphatic rings. The van der Waals surface area contributed by atoms with Crippen molar-refractivity contribution < 1.29 is 9.72 Å². The number of carbonyl (C=O) groups is 1. The summed E-state index contributed by atoms with van der Waals surface area (Å²) in [7, 11) is 0. The Morgan fingerprint density at radius 1 is 0.946 bits per heavy atom. The maximum atomic E-state index is 12.9. The lowest BCUT2D eigenvalue weighted by atomic mass is 10.0. The van der Waals surface area contributed by atoms with Gasteiger partial charge in [0, 0.05) is 46.4 Å². The minimum Gasteiger partial charge on any atom is -0.346 e. The predicted molar refractivity (Wildman–Crippen MR) is 147 cm³/mol. The third-order valence-corrected chi connectivity index (χ3v) is 6.68. The Bertz CT molecular complexity index is 1590. The van der Waals surface area contributed by atoms with Crippen LogP contribution < -0.4 is 5.32 Å². The summed E-state index contributed by atoms with van der Waals surface area (Å²) >= 11 is 6.13. The summed E-state index contributed by atoms with van der Waals surface area (Å²) in [5, 5.41) is 15.5. The van der Waals surface area contributed by atoms with Crippen LogP contribution in [0, 0.1) is 10.1 Å². The average Bonchev–Trinajstić information content (AvgIpc) is 3.31. The van der Waals surface area contributed by atoms with Crippen LogP contribution in [0.15, 0.2) is 103 Å². The Balaban J connectivity index is 1.28. The summed E-state index contributed by atoms with van der Waals surface area (Å²) in [6.07, 6.45) is 2.02. The maximum Gasteiger partial charge on any atom is 0.269 e. The Morgan fingerprint density at radius 3 is 2.41 bits per heavy atom. The molecule has 1 N–H and O–H groups in total. The molecule has 6 nitrogen and oxygen atoms in total. The molecule has 7 heteroatoms. The molecule has 1 amide bonds. The van der Waals surface area contributed by atoms with Crippen LogP contribution in [-0.4, -0.2) is 15.4 Å². The van der Waals surface area contributed by atoms with E-state index < -0.39 is 4.92 Å². The number of nitro benzene ring substituents is 1. The van der Waals surface area contributed by atoms with Crippen LogP contribution in [0.3, 0.4) is 0 Å². The van der Waals surface area contributed by atoms with Gasteiger partial charge in [-0.1, -0.05) is 60.1 Å². The number of rotatable bonds is 7. The highest BCUT2D eigenvalue weighted by molar-refractivity contribution is 6.30. The molecular weight excluding hydrogens is 486 g/mol. The fraction of sp³-hybridized carbons (Fsp3) is 0.100. The van der Waals surface area contributed by atoms with Crippen molar-refractivity contribution in [1.82, 2.24) is 9.88 Å². The summed E-state index contributed by atoms with van der Waals surface area (Å²) in [5.74, 6) is -0.197. The number of hydrogen-bond donors (Lipinski definition) is 1. The molecule has 184 valence electrons. The van der Waals surface area contributed by atoms with Gasteiger partial charge in [0.25, 0.3) is 11.6 Å². The molecule has 5 aromatic rings. The molecule has 0 aliphatic heterocycles. The maximum absolute atomic E-state index is 12.9. The second-order valence-corrected chi connectivity index (χ2v) is 9.40. The van der Waals surface area contributed by atoms with Crippen LogP contribution in [0.2, 0.25) is 5.02 Å². The van der Waals surface area contributed by atoms with Crippen molar-refractivity contribution in [3.8, 4) is 11.1 Å². The Morgan fingerprint density at radius 2 is 1.70 bits per heavy atom. The largest absolute Gasteiger partial charge is 0.346 e. The molecule has 0 saturated heterocycles. The third-order valence-electron chi connectivity index (χ3n) is 6.45. The van der Waals surface area contributed by atoms with Crippen molar-refractivity contribution in [1.29, 1.82) is 0 Å². The minimum absolute atomic E-state index is 0.0225. The predicted octanol–water partition coefficient (Wildman–Crippen LogP) is 7.41. The lowest BCUT2D eigenvalue weighted by Gasteiger charge is -2.14. The van der Waals surface area contributed by atoms with Gasteiger partial charge in [0.05, 0.1) is 11.0 Å². The second kappa shape index (κ2) is 10.3. The zero-order valence-electron chi connectivity index (χ0n) is 20.1. The average molecular weight is 510 g/mol. The van der Waals surface area contributed by atoms with Crippen molar-refractivity contribution in [3.05, 3.63) is 135 Å². The molecule has 4 aromatic carbocycles. The summed E-state index contributed by atoms with van der Waals surface area (Å²) in [5.41, 5.74) is 5.79. The van der Waals surface area contributed by atoms with E-state index in [1.54, 1.807) is 12.1 Å². The van der Waals surface area contributed by atoms with E-state index in [4.69, 9.17) is 11.6 Å². The van der Waals surface area contributed by atoms with Crippen molar-refractivity contribution in [3.63, 3.8) is 0 Å². The van der Waals surface area contributed by atoms with E-state index in [-0.39, 0.29) is 17.6 Å². The smallest absolute Gasteiger partial charge is 0.269 e. The highest BCUT2D eigenvalue weighted by atomic mass is 35.5. The first kappa shape index (κ1) is 24.3. The second-order valence-electron chi connectivity index (χ2n) is 8.97. The normalized spacial score (nSPS) is 11.8. The molecule has 0 aliphatic carbocycles. The van der Waals surface area contributed by atoms with Crippen LogP contribution in [0.25, 0.3) is 22.0 Å². The molecule has 1 atom stereocenters. The van der Waals surface area contributed by atoms with E-state index in [1.807, 2.05) is 61.7 Å². The Kier molecular flexibility index (Phi) is 6.75. The van der Waals surface area contributed by atoms with E-state index in [1.165, 1.54) is 17.7 Å². The van der Waals surface area contributed by atoms with Crippen LogP contribution >= 0.6 is 11.6 Å². The van der Waals surface area contributed by atoms with Gasteiger partial charge in [-0.25, -0.2) is 0 Å². The lowest BCUT2D eigenvalue weighted by Crippen LogP contribution is -2.26. The fourth-order valence-electron chi connectivity index (χ4n) is 4.39. The van der Waals surface area contributed by atoms with Crippen LogP contribution in [0.4, 0.5) is 5.69 Å². The van der Waals surface area contributed by atoms with E-state index >= 15 is 0 Å². The van der Waals surface area contributed by atoms with Gasteiger partial charge in [0.15, 0.2) is 0 Å². The quantitative estimate of drug-likeness (QED) is 0.183. The van der Waals surface area contributed by atoms with Gasteiger partial charge in [-0.05, 0) is 65.6 Å². The molecule has 5 rings (SSSR count). The first-order valence-corrected chi connectivity index (χ1v) is 12.2. The highest BCUT2D eigenvalue weighted by Gasteiger charge is 2.14. The van der Waals surface area contributed by atoms with E-state index in [9.17, 15) is 14.9 Å². The van der Waals surface area contributed by atoms with E-state index in [0.717, 1.165) is 27.6 Å². The molecular formula is C30H24ClN3O3. The number of nitrogens with zero attached hydrogens (tertiary/aromatic N) is 2.